The van der Waals surface area contributed by atoms with Gasteiger partial charge in [-0.15, -0.1) is 0 Å². The van der Waals surface area contributed by atoms with E-state index < -0.39 is 0 Å². The van der Waals surface area contributed by atoms with Gasteiger partial charge < -0.3 is 19.9 Å². The van der Waals surface area contributed by atoms with Crippen molar-refractivity contribution in [2.24, 2.45) is 5.73 Å². The van der Waals surface area contributed by atoms with Crippen LogP contribution in [0.1, 0.15) is 6.42 Å². The predicted molar refractivity (Wildman–Crippen MR) is 54.9 cm³/mol. The van der Waals surface area contributed by atoms with Gasteiger partial charge in [0.25, 0.3) is 0 Å². The zero-order valence-corrected chi connectivity index (χ0v) is 8.77. The summed E-state index contributed by atoms with van der Waals surface area (Å²) in [4.78, 5) is 0.374. The monoisotopic (exact) mass is 207 g/mol. The van der Waals surface area contributed by atoms with Crippen LogP contribution < -0.4 is 5.73 Å². The van der Waals surface area contributed by atoms with Gasteiger partial charge in [-0.1, -0.05) is 12.2 Å². The van der Waals surface area contributed by atoms with Crippen molar-refractivity contribution >= 4 is 17.2 Å². The van der Waals surface area contributed by atoms with Crippen molar-refractivity contribution in [2.75, 3.05) is 40.1 Å². The van der Waals surface area contributed by atoms with E-state index in [0.717, 1.165) is 13.0 Å². The smallest absolute Gasteiger partial charge is 0.0989 e. The Kier molecular flexibility index (Phi) is 9.68. The number of rotatable bonds is 9. The number of hydrogen-bond donors (Lipinski definition) is 1. The third-order valence-electron chi connectivity index (χ3n) is 1.25. The van der Waals surface area contributed by atoms with Gasteiger partial charge in [-0.2, -0.15) is 0 Å². The van der Waals surface area contributed by atoms with E-state index in [1.807, 2.05) is 0 Å². The summed E-state index contributed by atoms with van der Waals surface area (Å²) < 4.78 is 15.2. The first kappa shape index (κ1) is 12.8. The summed E-state index contributed by atoms with van der Waals surface area (Å²) in [5.41, 5.74) is 5.22. The molecule has 0 aliphatic carbocycles. The molecule has 0 atom stereocenters. The number of thiocarbonyl (C=S) groups is 1. The van der Waals surface area contributed by atoms with Crippen LogP contribution >= 0.6 is 12.2 Å². The van der Waals surface area contributed by atoms with Gasteiger partial charge in [-0.25, -0.2) is 0 Å². The van der Waals surface area contributed by atoms with Gasteiger partial charge in [0, 0.05) is 20.3 Å². The Bertz CT molecular complexity index is 133. The fourth-order valence-corrected chi connectivity index (χ4v) is 0.781. The highest BCUT2D eigenvalue weighted by Gasteiger charge is 1.91. The van der Waals surface area contributed by atoms with Crippen molar-refractivity contribution in [2.45, 2.75) is 6.42 Å². The molecule has 78 valence electrons. The first-order chi connectivity index (χ1) is 6.27. The summed E-state index contributed by atoms with van der Waals surface area (Å²) in [6.07, 6.45) is 0.909. The maximum atomic E-state index is 5.23. The lowest BCUT2D eigenvalue weighted by molar-refractivity contribution is 0.0517. The summed E-state index contributed by atoms with van der Waals surface area (Å²) in [5, 5.41) is 0. The highest BCUT2D eigenvalue weighted by molar-refractivity contribution is 7.80. The van der Waals surface area contributed by atoms with E-state index in [2.05, 4.69) is 12.2 Å². The highest BCUT2D eigenvalue weighted by atomic mass is 32.1. The standard InChI is InChI=1S/C8H17NO3S/c1-10-3-2-4-11-5-6-12-7-8(9)13/h2-7H2,1H3,(H2,9,13). The topological polar surface area (TPSA) is 53.7 Å². The number of nitrogens with two attached hydrogens (primary N) is 1. The van der Waals surface area contributed by atoms with Crippen molar-refractivity contribution in [3.05, 3.63) is 0 Å². The first-order valence-electron chi connectivity index (χ1n) is 4.20. The SMILES string of the molecule is COCCCOCCOCC(N)=S. The molecule has 0 saturated heterocycles. The van der Waals surface area contributed by atoms with E-state index in [1.54, 1.807) is 7.11 Å². The maximum absolute atomic E-state index is 5.23. The Morgan fingerprint density at radius 2 is 1.85 bits per heavy atom. The fourth-order valence-electron chi connectivity index (χ4n) is 0.698. The second-order valence-electron chi connectivity index (χ2n) is 2.48. The van der Waals surface area contributed by atoms with Crippen LogP contribution in [0.5, 0.6) is 0 Å². The lowest BCUT2D eigenvalue weighted by atomic mass is 10.5. The molecule has 0 aliphatic rings. The number of hydrogen-bond acceptors (Lipinski definition) is 4. The molecule has 0 aromatic heterocycles. The Hall–Kier alpha value is -0.230. The average molecular weight is 207 g/mol. The van der Waals surface area contributed by atoms with Crippen molar-refractivity contribution in [1.29, 1.82) is 0 Å². The molecule has 0 aromatic rings. The Labute approximate surface area is 84.3 Å². The molecule has 0 rings (SSSR count). The molecule has 0 radical (unpaired) electrons. The van der Waals surface area contributed by atoms with E-state index in [0.29, 0.717) is 31.4 Å². The summed E-state index contributed by atoms with van der Waals surface area (Å²) in [7, 11) is 1.67. The zero-order chi connectivity index (χ0) is 9.94. The molecule has 0 saturated carbocycles. The highest BCUT2D eigenvalue weighted by Crippen LogP contribution is 1.84. The molecule has 0 aliphatic heterocycles. The van der Waals surface area contributed by atoms with Gasteiger partial charge in [-0.3, -0.25) is 0 Å². The molecule has 0 spiro atoms. The lowest BCUT2D eigenvalue weighted by Crippen LogP contribution is -2.17. The van der Waals surface area contributed by atoms with Crippen molar-refractivity contribution in [1.82, 2.24) is 0 Å². The van der Waals surface area contributed by atoms with Crippen LogP contribution in [0.25, 0.3) is 0 Å². The molecular formula is C8H17NO3S. The van der Waals surface area contributed by atoms with Crippen molar-refractivity contribution in [3.8, 4) is 0 Å². The zero-order valence-electron chi connectivity index (χ0n) is 7.95. The van der Waals surface area contributed by atoms with Gasteiger partial charge in [0.2, 0.25) is 0 Å². The summed E-state index contributed by atoms with van der Waals surface area (Å²) in [5.74, 6) is 0. The van der Waals surface area contributed by atoms with Gasteiger partial charge >= 0.3 is 0 Å². The van der Waals surface area contributed by atoms with Gasteiger partial charge in [0.15, 0.2) is 0 Å². The Morgan fingerprint density at radius 1 is 1.15 bits per heavy atom. The molecular weight excluding hydrogens is 190 g/mol. The van der Waals surface area contributed by atoms with Crippen LogP contribution in [0.3, 0.4) is 0 Å². The minimum Gasteiger partial charge on any atom is -0.391 e. The normalized spacial score (nSPS) is 10.2. The molecule has 0 amide bonds. The Balaban J connectivity index is 2.87. The van der Waals surface area contributed by atoms with Crippen LogP contribution in [0.15, 0.2) is 0 Å². The van der Waals surface area contributed by atoms with Crippen LogP contribution in [-0.4, -0.2) is 45.1 Å². The van der Waals surface area contributed by atoms with E-state index in [1.165, 1.54) is 0 Å². The maximum Gasteiger partial charge on any atom is 0.0989 e. The minimum atomic E-state index is 0.330. The van der Waals surface area contributed by atoms with Crippen LogP contribution in [0, 0.1) is 0 Å². The van der Waals surface area contributed by atoms with Crippen LogP contribution in [-0.2, 0) is 14.2 Å². The second-order valence-corrected chi connectivity index (χ2v) is 3.00. The molecule has 2 N–H and O–H groups in total. The molecule has 0 unspecified atom stereocenters. The fraction of sp³-hybridized carbons (Fsp3) is 0.875. The largest absolute Gasteiger partial charge is 0.391 e. The third kappa shape index (κ3) is 11.8. The van der Waals surface area contributed by atoms with Gasteiger partial charge in [0.05, 0.1) is 24.8 Å². The Morgan fingerprint density at radius 3 is 2.46 bits per heavy atom. The van der Waals surface area contributed by atoms with Gasteiger partial charge in [0.1, 0.15) is 0 Å². The summed E-state index contributed by atoms with van der Waals surface area (Å²) in [6.45, 7) is 2.87. The van der Waals surface area contributed by atoms with Crippen molar-refractivity contribution < 1.29 is 14.2 Å². The molecule has 0 aromatic carbocycles. The molecule has 4 nitrogen and oxygen atoms in total. The van der Waals surface area contributed by atoms with Crippen LogP contribution in [0.4, 0.5) is 0 Å². The quantitative estimate of drug-likeness (QED) is 0.436. The lowest BCUT2D eigenvalue weighted by Gasteiger charge is -2.04. The first-order valence-corrected chi connectivity index (χ1v) is 4.61. The average Bonchev–Trinajstić information content (AvgIpc) is 2.09. The number of methoxy groups -OCH3 is 1. The predicted octanol–water partition coefficient (Wildman–Crippen LogP) is 0.342. The van der Waals surface area contributed by atoms with Gasteiger partial charge in [-0.05, 0) is 6.42 Å². The van der Waals surface area contributed by atoms with Crippen molar-refractivity contribution in [3.63, 3.8) is 0 Å². The molecule has 0 bridgehead atoms. The molecule has 13 heavy (non-hydrogen) atoms. The van der Waals surface area contributed by atoms with E-state index >= 15 is 0 Å². The third-order valence-corrected chi connectivity index (χ3v) is 1.37. The second kappa shape index (κ2) is 9.85. The molecule has 0 heterocycles. The summed E-state index contributed by atoms with van der Waals surface area (Å²) in [6, 6.07) is 0. The molecule has 0 fully saturated rings. The van der Waals surface area contributed by atoms with E-state index in [-0.39, 0.29) is 0 Å². The van der Waals surface area contributed by atoms with E-state index in [9.17, 15) is 0 Å². The minimum absolute atomic E-state index is 0.330. The number of ether oxygens (including phenoxy) is 3. The van der Waals surface area contributed by atoms with E-state index in [4.69, 9.17) is 19.9 Å². The molecule has 5 heteroatoms. The summed E-state index contributed by atoms with van der Waals surface area (Å²) >= 11 is 4.63. The van der Waals surface area contributed by atoms with Crippen LogP contribution in [0.2, 0.25) is 0 Å².